The standard InChI is InChI=1S/C21H19ClN4O2/c1-3-5-18-13(2)21(25-12-24-18)26-15-8-9-19(17(22)11-15)28-16-7-4-6-14(10-16)20(23)27/h3-12H,1-2H3,(H2,23,27)(H,24,25,26)/b5-3-. The van der Waals surface area contributed by atoms with Gasteiger partial charge in [0.2, 0.25) is 5.91 Å². The molecular weight excluding hydrogens is 376 g/mol. The van der Waals surface area contributed by atoms with Gasteiger partial charge in [-0.2, -0.15) is 0 Å². The summed E-state index contributed by atoms with van der Waals surface area (Å²) in [6.07, 6.45) is 5.36. The molecule has 0 fully saturated rings. The molecule has 1 amide bonds. The zero-order valence-corrected chi connectivity index (χ0v) is 16.2. The lowest BCUT2D eigenvalue weighted by molar-refractivity contribution is 0.1000. The molecule has 1 heterocycles. The average Bonchev–Trinajstić information content (AvgIpc) is 2.67. The minimum absolute atomic E-state index is 0.364. The van der Waals surface area contributed by atoms with E-state index in [-0.39, 0.29) is 0 Å². The van der Waals surface area contributed by atoms with Gasteiger partial charge in [-0.05, 0) is 56.3 Å². The number of halogens is 1. The minimum Gasteiger partial charge on any atom is -0.456 e. The van der Waals surface area contributed by atoms with E-state index >= 15 is 0 Å². The van der Waals surface area contributed by atoms with Crippen molar-refractivity contribution in [1.29, 1.82) is 0 Å². The molecule has 0 aliphatic rings. The van der Waals surface area contributed by atoms with E-state index in [2.05, 4.69) is 15.3 Å². The van der Waals surface area contributed by atoms with Crippen LogP contribution in [0.3, 0.4) is 0 Å². The first-order valence-electron chi connectivity index (χ1n) is 8.56. The molecule has 28 heavy (non-hydrogen) atoms. The van der Waals surface area contributed by atoms with Crippen LogP contribution in [0.1, 0.15) is 28.5 Å². The van der Waals surface area contributed by atoms with Crippen LogP contribution in [0, 0.1) is 6.92 Å². The number of carbonyl (C=O) groups is 1. The zero-order valence-electron chi connectivity index (χ0n) is 15.4. The van der Waals surface area contributed by atoms with Crippen molar-refractivity contribution in [2.45, 2.75) is 13.8 Å². The van der Waals surface area contributed by atoms with E-state index in [9.17, 15) is 4.79 Å². The maximum absolute atomic E-state index is 11.3. The van der Waals surface area contributed by atoms with Gasteiger partial charge in [-0.15, -0.1) is 0 Å². The summed E-state index contributed by atoms with van der Waals surface area (Å²) >= 11 is 6.37. The van der Waals surface area contributed by atoms with Crippen LogP contribution in [-0.4, -0.2) is 15.9 Å². The molecule has 0 aliphatic heterocycles. The number of hydrogen-bond donors (Lipinski definition) is 2. The van der Waals surface area contributed by atoms with Gasteiger partial charge in [-0.3, -0.25) is 4.79 Å². The molecule has 3 N–H and O–H groups in total. The Kier molecular flexibility index (Phi) is 5.91. The second-order valence-electron chi connectivity index (χ2n) is 6.00. The van der Waals surface area contributed by atoms with Crippen LogP contribution in [-0.2, 0) is 0 Å². The number of amides is 1. The summed E-state index contributed by atoms with van der Waals surface area (Å²) in [5.41, 5.74) is 8.20. The molecule has 3 aromatic rings. The summed E-state index contributed by atoms with van der Waals surface area (Å²) < 4.78 is 5.78. The van der Waals surface area contributed by atoms with Crippen molar-refractivity contribution >= 4 is 35.1 Å². The number of allylic oxidation sites excluding steroid dienone is 1. The number of rotatable bonds is 6. The van der Waals surface area contributed by atoms with E-state index in [1.807, 2.05) is 32.1 Å². The number of primary amides is 1. The number of nitrogens with zero attached hydrogens (tertiary/aromatic N) is 2. The average molecular weight is 395 g/mol. The number of benzene rings is 2. The molecule has 6 nitrogen and oxygen atoms in total. The Morgan fingerprint density at radius 1 is 1.21 bits per heavy atom. The van der Waals surface area contributed by atoms with Crippen molar-refractivity contribution in [3.8, 4) is 11.5 Å². The topological polar surface area (TPSA) is 90.1 Å². The van der Waals surface area contributed by atoms with E-state index in [0.29, 0.717) is 27.9 Å². The summed E-state index contributed by atoms with van der Waals surface area (Å²) in [5, 5.41) is 3.65. The fourth-order valence-corrected chi connectivity index (χ4v) is 2.77. The van der Waals surface area contributed by atoms with E-state index < -0.39 is 5.91 Å². The number of nitrogens with two attached hydrogens (primary N) is 1. The Hall–Kier alpha value is -3.38. The maximum Gasteiger partial charge on any atom is 0.248 e. The molecule has 0 atom stereocenters. The van der Waals surface area contributed by atoms with Gasteiger partial charge >= 0.3 is 0 Å². The van der Waals surface area contributed by atoms with Crippen molar-refractivity contribution in [1.82, 2.24) is 9.97 Å². The third-order valence-corrected chi connectivity index (χ3v) is 4.28. The van der Waals surface area contributed by atoms with Gasteiger partial charge in [0.05, 0.1) is 10.7 Å². The van der Waals surface area contributed by atoms with Crippen LogP contribution in [0.25, 0.3) is 6.08 Å². The van der Waals surface area contributed by atoms with Crippen molar-refractivity contribution in [3.05, 3.63) is 76.7 Å². The lowest BCUT2D eigenvalue weighted by Gasteiger charge is -2.12. The summed E-state index contributed by atoms with van der Waals surface area (Å²) in [7, 11) is 0. The first kappa shape index (κ1) is 19.4. The van der Waals surface area contributed by atoms with Crippen molar-refractivity contribution in [3.63, 3.8) is 0 Å². The smallest absolute Gasteiger partial charge is 0.248 e. The van der Waals surface area contributed by atoms with Crippen LogP contribution < -0.4 is 15.8 Å². The Balaban J connectivity index is 1.81. The maximum atomic E-state index is 11.3. The third-order valence-electron chi connectivity index (χ3n) is 3.99. The van der Waals surface area contributed by atoms with Crippen molar-refractivity contribution in [2.75, 3.05) is 5.32 Å². The van der Waals surface area contributed by atoms with E-state index in [0.717, 1.165) is 16.9 Å². The summed E-state index contributed by atoms with van der Waals surface area (Å²) in [6.45, 7) is 3.88. The monoisotopic (exact) mass is 394 g/mol. The Bertz CT molecular complexity index is 1050. The fraction of sp³-hybridized carbons (Fsp3) is 0.0952. The van der Waals surface area contributed by atoms with Crippen LogP contribution in [0.5, 0.6) is 11.5 Å². The molecule has 0 bridgehead atoms. The SMILES string of the molecule is C/C=C\c1ncnc(Nc2ccc(Oc3cccc(C(N)=O)c3)c(Cl)c2)c1C. The fourth-order valence-electron chi connectivity index (χ4n) is 2.55. The molecule has 0 unspecified atom stereocenters. The van der Waals surface area contributed by atoms with Crippen molar-refractivity contribution < 1.29 is 9.53 Å². The Labute approximate surface area is 168 Å². The molecular formula is C21H19ClN4O2. The second kappa shape index (κ2) is 8.54. The highest BCUT2D eigenvalue weighted by Gasteiger charge is 2.09. The molecule has 0 saturated carbocycles. The molecule has 7 heteroatoms. The van der Waals surface area contributed by atoms with Gasteiger partial charge < -0.3 is 15.8 Å². The predicted molar refractivity (Wildman–Crippen MR) is 111 cm³/mol. The lowest BCUT2D eigenvalue weighted by atomic mass is 10.2. The largest absolute Gasteiger partial charge is 0.456 e. The van der Waals surface area contributed by atoms with Gasteiger partial charge in [-0.1, -0.05) is 23.7 Å². The second-order valence-corrected chi connectivity index (χ2v) is 6.40. The number of anilines is 2. The number of hydrogen-bond acceptors (Lipinski definition) is 5. The zero-order chi connectivity index (χ0) is 20.1. The molecule has 0 spiro atoms. The minimum atomic E-state index is -0.520. The van der Waals surface area contributed by atoms with Crippen LogP contribution in [0.2, 0.25) is 5.02 Å². The molecule has 0 radical (unpaired) electrons. The lowest BCUT2D eigenvalue weighted by Crippen LogP contribution is -2.10. The van der Waals surface area contributed by atoms with Gasteiger partial charge in [0.25, 0.3) is 0 Å². The van der Waals surface area contributed by atoms with Gasteiger partial charge in [0.15, 0.2) is 0 Å². The molecule has 0 saturated heterocycles. The number of nitrogens with one attached hydrogen (secondary N) is 1. The molecule has 0 aliphatic carbocycles. The highest BCUT2D eigenvalue weighted by molar-refractivity contribution is 6.32. The third kappa shape index (κ3) is 4.47. The van der Waals surface area contributed by atoms with Crippen LogP contribution in [0.15, 0.2) is 54.9 Å². The Morgan fingerprint density at radius 3 is 2.75 bits per heavy atom. The normalized spacial score (nSPS) is 10.8. The highest BCUT2D eigenvalue weighted by atomic mass is 35.5. The van der Waals surface area contributed by atoms with E-state index in [1.54, 1.807) is 36.4 Å². The number of ether oxygens (including phenoxy) is 1. The molecule has 142 valence electrons. The molecule has 1 aromatic heterocycles. The first-order chi connectivity index (χ1) is 13.5. The number of carbonyl (C=O) groups excluding carboxylic acids is 1. The summed E-state index contributed by atoms with van der Waals surface area (Å²) in [5.74, 6) is 1.11. The molecule has 2 aromatic carbocycles. The summed E-state index contributed by atoms with van der Waals surface area (Å²) in [4.78, 5) is 19.8. The number of aromatic nitrogens is 2. The highest BCUT2D eigenvalue weighted by Crippen LogP contribution is 2.33. The van der Waals surface area contributed by atoms with Gasteiger partial charge in [0, 0.05) is 16.8 Å². The Morgan fingerprint density at radius 2 is 2.04 bits per heavy atom. The quantitative estimate of drug-likeness (QED) is 0.606. The van der Waals surface area contributed by atoms with Crippen LogP contribution >= 0.6 is 11.6 Å². The first-order valence-corrected chi connectivity index (χ1v) is 8.94. The van der Waals surface area contributed by atoms with E-state index in [1.165, 1.54) is 6.33 Å². The summed E-state index contributed by atoms with van der Waals surface area (Å²) in [6, 6.07) is 11.9. The van der Waals surface area contributed by atoms with E-state index in [4.69, 9.17) is 22.1 Å². The van der Waals surface area contributed by atoms with Crippen LogP contribution in [0.4, 0.5) is 11.5 Å². The molecule has 3 rings (SSSR count). The van der Waals surface area contributed by atoms with Crippen molar-refractivity contribution in [2.24, 2.45) is 5.73 Å². The predicted octanol–water partition coefficient (Wildman–Crippen LogP) is 5.11. The van der Waals surface area contributed by atoms with Gasteiger partial charge in [-0.25, -0.2) is 9.97 Å². The van der Waals surface area contributed by atoms with Gasteiger partial charge in [0.1, 0.15) is 23.6 Å².